The van der Waals surface area contributed by atoms with Crippen LogP contribution in [0.3, 0.4) is 0 Å². The topological polar surface area (TPSA) is 47.7 Å². The van der Waals surface area contributed by atoms with E-state index in [2.05, 4.69) is 42.1 Å². The number of aromatic nitrogens is 1. The van der Waals surface area contributed by atoms with Gasteiger partial charge in [0.25, 0.3) is 0 Å². The molecule has 3 rings (SSSR count). The van der Waals surface area contributed by atoms with E-state index in [1.807, 2.05) is 19.9 Å². The molecule has 5 heteroatoms. The Morgan fingerprint density at radius 1 is 1.19 bits per heavy atom. The van der Waals surface area contributed by atoms with Gasteiger partial charge in [-0.2, -0.15) is 0 Å². The first-order valence-electron chi connectivity index (χ1n) is 9.52. The molecule has 0 spiro atoms. The van der Waals surface area contributed by atoms with Crippen molar-refractivity contribution in [3.63, 3.8) is 0 Å². The van der Waals surface area contributed by atoms with E-state index in [0.717, 1.165) is 42.5 Å². The number of nitrogens with zero attached hydrogens (tertiary/aromatic N) is 2. The highest BCUT2D eigenvalue weighted by atomic mass is 16.5. The minimum atomic E-state index is 0.125. The molecule has 1 fully saturated rings. The van der Waals surface area contributed by atoms with Crippen LogP contribution >= 0.6 is 0 Å². The molecule has 2 heterocycles. The van der Waals surface area contributed by atoms with E-state index in [1.165, 1.54) is 12.0 Å². The second kappa shape index (κ2) is 8.12. The molecule has 1 unspecified atom stereocenters. The lowest BCUT2D eigenvalue weighted by atomic mass is 10.1. The number of likely N-dealkylation sites (tertiary alicyclic amines) is 1. The van der Waals surface area contributed by atoms with Crippen LogP contribution in [0.25, 0.3) is 0 Å². The average molecular weight is 358 g/mol. The molecule has 0 radical (unpaired) electrons. The van der Waals surface area contributed by atoms with Gasteiger partial charge >= 0.3 is 0 Å². The molecule has 0 amide bonds. The molecule has 1 aliphatic rings. The molecule has 0 N–H and O–H groups in total. The van der Waals surface area contributed by atoms with Gasteiger partial charge in [0.2, 0.25) is 0 Å². The summed E-state index contributed by atoms with van der Waals surface area (Å²) < 4.78 is 16.9. The molecular weight excluding hydrogens is 328 g/mol. The Hall–Kier alpha value is -2.01. The fraction of sp³-hybridized carbons (Fsp3) is 0.571. The van der Waals surface area contributed by atoms with Gasteiger partial charge in [0.05, 0.1) is 19.3 Å². The van der Waals surface area contributed by atoms with Crippen molar-refractivity contribution < 1.29 is 14.0 Å². The number of hydrogen-bond acceptors (Lipinski definition) is 5. The maximum Gasteiger partial charge on any atom is 0.161 e. The lowest BCUT2D eigenvalue weighted by Crippen LogP contribution is -2.23. The molecule has 1 aromatic heterocycles. The monoisotopic (exact) mass is 358 g/mol. The minimum absolute atomic E-state index is 0.125. The molecule has 1 aliphatic heterocycles. The number of hydrogen-bond donors (Lipinski definition) is 0. The summed E-state index contributed by atoms with van der Waals surface area (Å²) in [5.41, 5.74) is 2.27. The molecule has 0 bridgehead atoms. The van der Waals surface area contributed by atoms with Crippen molar-refractivity contribution >= 4 is 0 Å². The molecule has 1 atom stereocenters. The molecule has 2 aromatic rings. The van der Waals surface area contributed by atoms with Crippen LogP contribution in [-0.4, -0.2) is 29.8 Å². The second-order valence-corrected chi connectivity index (χ2v) is 7.59. The van der Waals surface area contributed by atoms with Gasteiger partial charge < -0.3 is 14.0 Å². The van der Waals surface area contributed by atoms with E-state index in [9.17, 15) is 0 Å². The Balaban J connectivity index is 1.74. The molecule has 0 saturated carbocycles. The third-order valence-electron chi connectivity index (χ3n) is 4.80. The van der Waals surface area contributed by atoms with Crippen molar-refractivity contribution in [2.75, 3.05) is 13.7 Å². The van der Waals surface area contributed by atoms with Gasteiger partial charge in [0.1, 0.15) is 11.5 Å². The van der Waals surface area contributed by atoms with E-state index >= 15 is 0 Å². The van der Waals surface area contributed by atoms with Crippen LogP contribution in [0.5, 0.6) is 11.5 Å². The van der Waals surface area contributed by atoms with Gasteiger partial charge in [0.15, 0.2) is 11.5 Å². The Morgan fingerprint density at radius 3 is 2.65 bits per heavy atom. The quantitative estimate of drug-likeness (QED) is 0.702. The SMILES string of the molecule is COc1cc(CN2CCCC2c2cc(C(C)C)on2)ccc1OC(C)C. The second-order valence-electron chi connectivity index (χ2n) is 7.59. The van der Waals surface area contributed by atoms with Crippen molar-refractivity contribution in [1.82, 2.24) is 10.1 Å². The molecule has 5 nitrogen and oxygen atoms in total. The van der Waals surface area contributed by atoms with E-state index in [1.54, 1.807) is 7.11 Å². The molecular formula is C21H30N2O3. The van der Waals surface area contributed by atoms with Gasteiger partial charge in [0, 0.05) is 18.5 Å². The molecule has 1 aromatic carbocycles. The summed E-state index contributed by atoms with van der Waals surface area (Å²) in [5.74, 6) is 2.91. The Kier molecular flexibility index (Phi) is 5.87. The van der Waals surface area contributed by atoms with Crippen LogP contribution in [0.4, 0.5) is 0 Å². The number of rotatable bonds is 7. The number of ether oxygens (including phenoxy) is 2. The highest BCUT2D eigenvalue weighted by Gasteiger charge is 2.29. The van der Waals surface area contributed by atoms with Crippen molar-refractivity contribution in [1.29, 1.82) is 0 Å². The predicted molar refractivity (Wildman–Crippen MR) is 102 cm³/mol. The normalized spacial score (nSPS) is 18.0. The Labute approximate surface area is 156 Å². The van der Waals surface area contributed by atoms with Crippen LogP contribution < -0.4 is 9.47 Å². The third-order valence-corrected chi connectivity index (χ3v) is 4.80. The summed E-state index contributed by atoms with van der Waals surface area (Å²) in [5, 5.41) is 4.33. The summed E-state index contributed by atoms with van der Waals surface area (Å²) in [7, 11) is 1.69. The van der Waals surface area contributed by atoms with Gasteiger partial charge in [-0.25, -0.2) is 0 Å². The van der Waals surface area contributed by atoms with Gasteiger partial charge in [-0.1, -0.05) is 25.1 Å². The summed E-state index contributed by atoms with van der Waals surface area (Å²) >= 11 is 0. The van der Waals surface area contributed by atoms with Crippen molar-refractivity contribution in [2.45, 2.75) is 65.1 Å². The maximum absolute atomic E-state index is 5.82. The van der Waals surface area contributed by atoms with Crippen molar-refractivity contribution in [3.05, 3.63) is 41.3 Å². The van der Waals surface area contributed by atoms with Gasteiger partial charge in [-0.3, -0.25) is 4.90 Å². The van der Waals surface area contributed by atoms with E-state index < -0.39 is 0 Å². The molecule has 1 saturated heterocycles. The van der Waals surface area contributed by atoms with Gasteiger partial charge in [-0.05, 0) is 50.9 Å². The third kappa shape index (κ3) is 4.21. The maximum atomic E-state index is 5.82. The lowest BCUT2D eigenvalue weighted by molar-refractivity contribution is 0.227. The Bertz CT molecular complexity index is 724. The summed E-state index contributed by atoms with van der Waals surface area (Å²) in [4.78, 5) is 2.47. The fourth-order valence-electron chi connectivity index (χ4n) is 3.48. The van der Waals surface area contributed by atoms with Crippen molar-refractivity contribution in [3.8, 4) is 11.5 Å². The van der Waals surface area contributed by atoms with Crippen LogP contribution in [-0.2, 0) is 6.54 Å². The first kappa shape index (κ1) is 18.8. The lowest BCUT2D eigenvalue weighted by Gasteiger charge is -2.23. The average Bonchev–Trinajstić information content (AvgIpc) is 3.24. The van der Waals surface area contributed by atoms with Crippen molar-refractivity contribution in [2.24, 2.45) is 0 Å². The minimum Gasteiger partial charge on any atom is -0.493 e. The van der Waals surface area contributed by atoms with E-state index in [4.69, 9.17) is 14.0 Å². The summed E-state index contributed by atoms with van der Waals surface area (Å²) in [6, 6.07) is 8.65. The summed E-state index contributed by atoms with van der Waals surface area (Å²) in [6.07, 6.45) is 2.43. The fourth-order valence-corrected chi connectivity index (χ4v) is 3.48. The molecule has 0 aliphatic carbocycles. The highest BCUT2D eigenvalue weighted by Crippen LogP contribution is 2.35. The summed E-state index contributed by atoms with van der Waals surface area (Å²) in [6.45, 7) is 10.2. The van der Waals surface area contributed by atoms with E-state index in [-0.39, 0.29) is 6.10 Å². The first-order valence-corrected chi connectivity index (χ1v) is 9.52. The predicted octanol–water partition coefficient (Wildman–Crippen LogP) is 4.93. The van der Waals surface area contributed by atoms with Crippen LogP contribution in [0, 0.1) is 0 Å². The molecule has 142 valence electrons. The number of benzene rings is 1. The van der Waals surface area contributed by atoms with Crippen LogP contribution in [0.15, 0.2) is 28.8 Å². The highest BCUT2D eigenvalue weighted by molar-refractivity contribution is 5.43. The van der Waals surface area contributed by atoms with Crippen LogP contribution in [0.1, 0.15) is 69.5 Å². The van der Waals surface area contributed by atoms with E-state index in [0.29, 0.717) is 12.0 Å². The number of methoxy groups -OCH3 is 1. The smallest absolute Gasteiger partial charge is 0.161 e. The zero-order chi connectivity index (χ0) is 18.7. The zero-order valence-electron chi connectivity index (χ0n) is 16.5. The zero-order valence-corrected chi connectivity index (χ0v) is 16.5. The van der Waals surface area contributed by atoms with Crippen LogP contribution in [0.2, 0.25) is 0 Å². The standard InChI is InChI=1S/C21H30N2O3/c1-14(2)20-12-17(22-26-20)18-7-6-10-23(18)13-16-8-9-19(25-15(3)4)21(11-16)24-5/h8-9,11-12,14-15,18H,6-7,10,13H2,1-5H3. The van der Waals surface area contributed by atoms with Gasteiger partial charge in [-0.15, -0.1) is 0 Å². The molecule has 26 heavy (non-hydrogen) atoms. The Morgan fingerprint density at radius 2 is 2.00 bits per heavy atom. The largest absolute Gasteiger partial charge is 0.493 e. The first-order chi connectivity index (χ1) is 12.5.